The van der Waals surface area contributed by atoms with Crippen molar-refractivity contribution >= 4 is 0 Å². The number of unbranched alkanes of at least 4 members (excludes halogenated alkanes) is 10. The lowest BCUT2D eigenvalue weighted by molar-refractivity contribution is -0.105. The minimum Gasteiger partial charge on any atom is -0.394 e. The fourth-order valence-electron chi connectivity index (χ4n) is 4.60. The topological polar surface area (TPSA) is 103 Å². The van der Waals surface area contributed by atoms with E-state index in [1.54, 1.807) is 0 Å². The first-order valence-corrected chi connectivity index (χ1v) is 18.8. The molecule has 0 aliphatic heterocycles. The van der Waals surface area contributed by atoms with E-state index in [9.17, 15) is 0 Å². The molecule has 0 saturated carbocycles. The molecule has 0 heterocycles. The Morgan fingerprint density at radius 3 is 1.11 bits per heavy atom. The van der Waals surface area contributed by atoms with Crippen molar-refractivity contribution in [1.82, 2.24) is 0 Å². The monoisotopic (exact) mass is 681 g/mol. The van der Waals surface area contributed by atoms with Gasteiger partial charge in [-0.25, -0.2) is 0 Å². The highest BCUT2D eigenvalue weighted by Gasteiger charge is 2.13. The quantitative estimate of drug-likeness (QED) is 0.0703. The van der Waals surface area contributed by atoms with Gasteiger partial charge in [-0.1, -0.05) is 71.1 Å². The lowest BCUT2D eigenvalue weighted by atomic mass is 10.1. The van der Waals surface area contributed by atoms with Gasteiger partial charge in [-0.15, -0.1) is 0 Å². The first kappa shape index (κ1) is 46.6. The summed E-state index contributed by atoms with van der Waals surface area (Å²) in [6.07, 6.45) is 14.6. The smallest absolute Gasteiger partial charge is 0.0781 e. The number of rotatable bonds is 38. The third kappa shape index (κ3) is 35.2. The summed E-state index contributed by atoms with van der Waals surface area (Å²) in [7, 11) is 0. The van der Waals surface area contributed by atoms with Crippen molar-refractivity contribution in [3.05, 3.63) is 0 Å². The third-order valence-electron chi connectivity index (χ3n) is 7.56. The van der Waals surface area contributed by atoms with Crippen LogP contribution in [0.4, 0.5) is 0 Å². The van der Waals surface area contributed by atoms with Crippen LogP contribution in [-0.4, -0.2) is 128 Å². The number of aliphatic hydroxyl groups excluding tert-OH is 1. The molecular weight excluding hydrogens is 604 g/mol. The molecular formula is C37H76O10. The van der Waals surface area contributed by atoms with E-state index in [0.717, 1.165) is 13.0 Å². The maximum absolute atomic E-state index is 8.66. The largest absolute Gasteiger partial charge is 0.394 e. The van der Waals surface area contributed by atoms with Crippen LogP contribution in [0.3, 0.4) is 0 Å². The van der Waals surface area contributed by atoms with E-state index in [0.29, 0.717) is 72.7 Å². The Labute approximate surface area is 289 Å². The molecule has 0 aromatic carbocycles. The molecule has 0 rings (SSSR count). The number of hydrogen-bond donors (Lipinski definition) is 1. The average molecular weight is 681 g/mol. The zero-order valence-electron chi connectivity index (χ0n) is 31.6. The van der Waals surface area contributed by atoms with Gasteiger partial charge in [0.2, 0.25) is 0 Å². The van der Waals surface area contributed by atoms with Crippen molar-refractivity contribution in [3.8, 4) is 0 Å². The zero-order valence-corrected chi connectivity index (χ0v) is 31.6. The SMILES string of the molecule is CCCCCCCCCCCCCOCC(C)OCC(C)OCC(C)OCC(C)OCC(C)OCC(C)OCCOCCOCCO. The van der Waals surface area contributed by atoms with E-state index in [1.807, 2.05) is 34.6 Å². The van der Waals surface area contributed by atoms with Crippen LogP contribution in [0.2, 0.25) is 0 Å². The van der Waals surface area contributed by atoms with E-state index >= 15 is 0 Å². The summed E-state index contributed by atoms with van der Waals surface area (Å²) in [5.74, 6) is 0. The van der Waals surface area contributed by atoms with Crippen molar-refractivity contribution in [2.45, 2.75) is 156 Å². The van der Waals surface area contributed by atoms with Crippen LogP contribution >= 0.6 is 0 Å². The van der Waals surface area contributed by atoms with E-state index in [4.69, 9.17) is 47.7 Å². The highest BCUT2D eigenvalue weighted by atomic mass is 16.6. The fourth-order valence-corrected chi connectivity index (χ4v) is 4.60. The summed E-state index contributed by atoms with van der Waals surface area (Å²) in [6.45, 7) is 20.5. The predicted molar refractivity (Wildman–Crippen MR) is 188 cm³/mol. The van der Waals surface area contributed by atoms with Gasteiger partial charge >= 0.3 is 0 Å². The van der Waals surface area contributed by atoms with Gasteiger partial charge in [-0.3, -0.25) is 0 Å². The molecule has 10 nitrogen and oxygen atoms in total. The molecule has 0 saturated heterocycles. The molecule has 47 heavy (non-hydrogen) atoms. The summed E-state index contributed by atoms with van der Waals surface area (Å²) in [5, 5.41) is 8.66. The second-order valence-corrected chi connectivity index (χ2v) is 13.0. The van der Waals surface area contributed by atoms with Crippen molar-refractivity contribution < 1.29 is 47.7 Å². The van der Waals surface area contributed by atoms with E-state index < -0.39 is 0 Å². The molecule has 0 aliphatic carbocycles. The summed E-state index contributed by atoms with van der Waals surface area (Å²) >= 11 is 0. The van der Waals surface area contributed by atoms with Gasteiger partial charge in [-0.05, 0) is 48.0 Å². The Kier molecular flexibility index (Phi) is 35.1. The van der Waals surface area contributed by atoms with Crippen LogP contribution in [0, 0.1) is 0 Å². The van der Waals surface area contributed by atoms with Gasteiger partial charge < -0.3 is 47.7 Å². The second-order valence-electron chi connectivity index (χ2n) is 13.0. The maximum Gasteiger partial charge on any atom is 0.0781 e. The molecule has 0 radical (unpaired) electrons. The van der Waals surface area contributed by atoms with Crippen LogP contribution in [0.15, 0.2) is 0 Å². The zero-order chi connectivity index (χ0) is 34.8. The van der Waals surface area contributed by atoms with Crippen LogP contribution in [0.25, 0.3) is 0 Å². The van der Waals surface area contributed by atoms with Crippen molar-refractivity contribution in [2.75, 3.05) is 85.9 Å². The van der Waals surface area contributed by atoms with Crippen LogP contribution < -0.4 is 0 Å². The normalized spacial score (nSPS) is 15.8. The van der Waals surface area contributed by atoms with Crippen molar-refractivity contribution in [2.24, 2.45) is 0 Å². The Morgan fingerprint density at radius 1 is 0.340 bits per heavy atom. The summed E-state index contributed by atoms with van der Waals surface area (Å²) in [5.41, 5.74) is 0. The molecule has 0 aliphatic rings. The highest BCUT2D eigenvalue weighted by molar-refractivity contribution is 4.59. The fraction of sp³-hybridized carbons (Fsp3) is 1.00. The molecule has 0 aromatic rings. The van der Waals surface area contributed by atoms with Crippen LogP contribution in [-0.2, 0) is 42.6 Å². The molecule has 0 bridgehead atoms. The number of aliphatic hydroxyl groups is 1. The minimum absolute atomic E-state index is 0.0160. The number of hydrogen-bond acceptors (Lipinski definition) is 10. The molecule has 10 heteroatoms. The van der Waals surface area contributed by atoms with E-state index in [2.05, 4.69) is 13.8 Å². The van der Waals surface area contributed by atoms with Gasteiger partial charge in [0.25, 0.3) is 0 Å². The van der Waals surface area contributed by atoms with Gasteiger partial charge in [0, 0.05) is 6.61 Å². The average Bonchev–Trinajstić information content (AvgIpc) is 3.06. The molecule has 6 unspecified atom stereocenters. The Morgan fingerprint density at radius 2 is 0.681 bits per heavy atom. The first-order valence-electron chi connectivity index (χ1n) is 18.8. The molecule has 1 N–H and O–H groups in total. The third-order valence-corrected chi connectivity index (χ3v) is 7.56. The maximum atomic E-state index is 8.66. The lowest BCUT2D eigenvalue weighted by Gasteiger charge is -2.22. The Bertz CT molecular complexity index is 614. The molecule has 6 atom stereocenters. The van der Waals surface area contributed by atoms with E-state index in [-0.39, 0.29) is 43.2 Å². The Hall–Kier alpha value is -0.400. The minimum atomic E-state index is -0.0534. The molecule has 284 valence electrons. The molecule has 0 aromatic heterocycles. The highest BCUT2D eigenvalue weighted by Crippen LogP contribution is 2.11. The summed E-state index contributed by atoms with van der Waals surface area (Å²) in [6, 6.07) is 0. The standard InChI is InChI=1S/C37H76O10/c1-8-9-10-11-12-13-14-15-16-17-18-20-41-26-32(2)43-28-34(4)45-30-36(6)47-31-37(7)46-29-35(5)44-27-33(3)42-25-24-40-23-22-39-21-19-38/h32-38H,8-31H2,1-7H3. The predicted octanol–water partition coefficient (Wildman–Crippen LogP) is 6.77. The summed E-state index contributed by atoms with van der Waals surface area (Å²) < 4.78 is 51.7. The molecule has 0 amide bonds. The molecule has 0 spiro atoms. The van der Waals surface area contributed by atoms with Gasteiger partial charge in [0.1, 0.15) is 0 Å². The molecule has 0 fully saturated rings. The second kappa shape index (κ2) is 35.4. The van der Waals surface area contributed by atoms with Crippen LogP contribution in [0.5, 0.6) is 0 Å². The van der Waals surface area contributed by atoms with Crippen molar-refractivity contribution in [3.63, 3.8) is 0 Å². The first-order chi connectivity index (χ1) is 22.8. The van der Waals surface area contributed by atoms with Gasteiger partial charge in [0.05, 0.1) is 116 Å². The van der Waals surface area contributed by atoms with Gasteiger partial charge in [-0.2, -0.15) is 0 Å². The summed E-state index contributed by atoms with van der Waals surface area (Å²) in [4.78, 5) is 0. The lowest BCUT2D eigenvalue weighted by Crippen LogP contribution is -2.30. The van der Waals surface area contributed by atoms with Gasteiger partial charge in [0.15, 0.2) is 0 Å². The number of ether oxygens (including phenoxy) is 9. The van der Waals surface area contributed by atoms with Crippen LogP contribution in [0.1, 0.15) is 119 Å². The van der Waals surface area contributed by atoms with Crippen molar-refractivity contribution in [1.29, 1.82) is 0 Å². The Balaban J connectivity index is 3.64. The van der Waals surface area contributed by atoms with E-state index in [1.165, 1.54) is 64.2 Å².